The summed E-state index contributed by atoms with van der Waals surface area (Å²) in [7, 11) is 3.37. The first kappa shape index (κ1) is 30.9. The second kappa shape index (κ2) is 13.5. The van der Waals surface area contributed by atoms with E-state index in [0.29, 0.717) is 46.8 Å². The molecule has 12 heteroatoms. The van der Waals surface area contributed by atoms with Crippen LogP contribution in [-0.4, -0.2) is 71.6 Å². The maximum atomic E-state index is 14.6. The number of ether oxygens (including phenoxy) is 3. The standard InChI is InChI=1S/C33H37N5O6S/c1-21-9-14-37-15-12-34-30(37)28(21)36(3)32(40)27-22(2)29(31-35-13-18-43-31)45-33(27)38(20-39)19-26(44-23-10-16-42-17-11-23)24-7-5-6-8-25(24)41-4/h5-9,12-15,18,20,22-23,26,29H,10-11,16-17,19H2,1-4H3. The highest BCUT2D eigenvalue weighted by Gasteiger charge is 2.43. The predicted molar refractivity (Wildman–Crippen MR) is 170 cm³/mol. The summed E-state index contributed by atoms with van der Waals surface area (Å²) in [6.07, 6.45) is 10.3. The second-order valence-electron chi connectivity index (χ2n) is 11.2. The first-order valence-corrected chi connectivity index (χ1v) is 15.9. The van der Waals surface area contributed by atoms with Crippen LogP contribution in [-0.2, 0) is 19.1 Å². The molecule has 1 aromatic carbocycles. The van der Waals surface area contributed by atoms with Crippen LogP contribution in [0, 0.1) is 12.8 Å². The van der Waals surface area contributed by atoms with Crippen LogP contribution in [0.2, 0.25) is 0 Å². The van der Waals surface area contributed by atoms with E-state index in [0.717, 1.165) is 30.4 Å². The summed E-state index contributed by atoms with van der Waals surface area (Å²) in [5, 5.41) is 0.232. The van der Waals surface area contributed by atoms with Gasteiger partial charge < -0.3 is 32.8 Å². The number of hydrogen-bond acceptors (Lipinski definition) is 9. The molecular formula is C33H37N5O6S. The third-order valence-corrected chi connectivity index (χ3v) is 9.99. The van der Waals surface area contributed by atoms with Crippen LogP contribution in [0.4, 0.5) is 5.69 Å². The number of likely N-dealkylation sites (N-methyl/N-ethyl adjacent to an activating group) is 1. The summed E-state index contributed by atoms with van der Waals surface area (Å²) in [6.45, 7) is 5.33. The summed E-state index contributed by atoms with van der Waals surface area (Å²) in [6, 6.07) is 9.62. The Morgan fingerprint density at radius 3 is 2.71 bits per heavy atom. The van der Waals surface area contributed by atoms with Gasteiger partial charge in [0.1, 0.15) is 18.1 Å². The molecule has 5 heterocycles. The van der Waals surface area contributed by atoms with Gasteiger partial charge in [-0.05, 0) is 37.5 Å². The maximum absolute atomic E-state index is 14.6. The molecule has 0 radical (unpaired) electrons. The van der Waals surface area contributed by atoms with Crippen molar-refractivity contribution in [2.75, 3.05) is 38.8 Å². The molecular weight excluding hydrogens is 594 g/mol. The molecule has 3 unspecified atom stereocenters. The summed E-state index contributed by atoms with van der Waals surface area (Å²) >= 11 is 1.40. The van der Waals surface area contributed by atoms with Gasteiger partial charge in [0.2, 0.25) is 12.3 Å². The third kappa shape index (κ3) is 6.09. The number of imidazole rings is 1. The fraction of sp³-hybridized carbons (Fsp3) is 0.394. The number of rotatable bonds is 11. The van der Waals surface area contributed by atoms with Gasteiger partial charge in [-0.3, -0.25) is 9.59 Å². The number of anilines is 1. The van der Waals surface area contributed by atoms with Crippen molar-refractivity contribution >= 4 is 35.4 Å². The molecule has 0 bridgehead atoms. The van der Waals surface area contributed by atoms with Crippen molar-refractivity contribution < 1.29 is 28.2 Å². The van der Waals surface area contributed by atoms with Crippen LogP contribution in [0.5, 0.6) is 5.75 Å². The van der Waals surface area contributed by atoms with E-state index in [1.54, 1.807) is 36.4 Å². The maximum Gasteiger partial charge on any atom is 0.257 e. The van der Waals surface area contributed by atoms with Crippen molar-refractivity contribution in [3.8, 4) is 5.75 Å². The zero-order valence-corrected chi connectivity index (χ0v) is 26.6. The number of fused-ring (bicyclic) bond motifs is 1. The number of carbonyl (C=O) groups excluding carboxylic acids is 2. The Labute approximate surface area is 266 Å². The molecule has 2 amide bonds. The molecule has 3 atom stereocenters. The van der Waals surface area contributed by atoms with Crippen LogP contribution in [0.15, 0.2) is 76.4 Å². The molecule has 45 heavy (non-hydrogen) atoms. The molecule has 0 saturated carbocycles. The van der Waals surface area contributed by atoms with Gasteiger partial charge in [-0.15, -0.1) is 0 Å². The average Bonchev–Trinajstić information content (AvgIpc) is 3.83. The molecule has 2 aliphatic rings. The summed E-state index contributed by atoms with van der Waals surface area (Å²) in [4.78, 5) is 39.7. The number of aromatic nitrogens is 3. The number of hydrogen-bond donors (Lipinski definition) is 0. The lowest BCUT2D eigenvalue weighted by atomic mass is 9.96. The summed E-state index contributed by atoms with van der Waals surface area (Å²) in [5.41, 5.74) is 3.59. The first-order valence-electron chi connectivity index (χ1n) is 15.0. The Kier molecular flexibility index (Phi) is 9.24. The molecule has 0 N–H and O–H groups in total. The Balaban J connectivity index is 1.40. The Hall–Kier alpha value is -4.13. The number of methoxy groups -OCH3 is 1. The van der Waals surface area contributed by atoms with Gasteiger partial charge in [-0.1, -0.05) is 36.9 Å². The summed E-state index contributed by atoms with van der Waals surface area (Å²) in [5.74, 6) is 0.609. The van der Waals surface area contributed by atoms with Gasteiger partial charge in [0.05, 0.1) is 47.5 Å². The predicted octanol–water partition coefficient (Wildman–Crippen LogP) is 5.33. The average molecular weight is 632 g/mol. The van der Waals surface area contributed by atoms with E-state index in [-0.39, 0.29) is 29.7 Å². The molecule has 1 saturated heterocycles. The number of nitrogens with zero attached hydrogens (tertiary/aromatic N) is 5. The smallest absolute Gasteiger partial charge is 0.257 e. The van der Waals surface area contributed by atoms with Gasteiger partial charge in [-0.25, -0.2) is 9.97 Å². The highest BCUT2D eigenvalue weighted by Crippen LogP contribution is 2.53. The molecule has 3 aromatic heterocycles. The molecule has 1 fully saturated rings. The normalized spacial score (nSPS) is 19.6. The largest absolute Gasteiger partial charge is 0.496 e. The van der Waals surface area contributed by atoms with Gasteiger partial charge in [-0.2, -0.15) is 0 Å². The lowest BCUT2D eigenvalue weighted by Gasteiger charge is -2.32. The van der Waals surface area contributed by atoms with Crippen LogP contribution in [0.3, 0.4) is 0 Å². The van der Waals surface area contributed by atoms with Crippen LogP contribution in [0.25, 0.3) is 5.65 Å². The molecule has 0 aliphatic carbocycles. The number of para-hydroxylation sites is 1. The Morgan fingerprint density at radius 2 is 1.98 bits per heavy atom. The van der Waals surface area contributed by atoms with E-state index in [9.17, 15) is 9.59 Å². The topological polar surface area (TPSA) is 112 Å². The number of amides is 2. The lowest BCUT2D eigenvalue weighted by Crippen LogP contribution is -2.35. The molecule has 0 spiro atoms. The number of oxazole rings is 1. The van der Waals surface area contributed by atoms with Gasteiger partial charge in [0.15, 0.2) is 5.65 Å². The van der Waals surface area contributed by atoms with Crippen molar-refractivity contribution in [1.29, 1.82) is 0 Å². The molecule has 11 nitrogen and oxygen atoms in total. The number of thioether (sulfide) groups is 1. The van der Waals surface area contributed by atoms with Gasteiger partial charge >= 0.3 is 0 Å². The molecule has 236 valence electrons. The Morgan fingerprint density at radius 1 is 1.18 bits per heavy atom. The van der Waals surface area contributed by atoms with Gasteiger partial charge in [0, 0.05) is 50.3 Å². The van der Waals surface area contributed by atoms with E-state index in [1.807, 2.05) is 61.0 Å². The van der Waals surface area contributed by atoms with Crippen molar-refractivity contribution in [3.05, 3.63) is 89.0 Å². The number of pyridine rings is 1. The van der Waals surface area contributed by atoms with E-state index in [2.05, 4.69) is 9.97 Å². The number of carbonyl (C=O) groups is 2. The molecule has 4 aromatic rings. The number of aryl methyl sites for hydroxylation is 1. The van der Waals surface area contributed by atoms with Crippen molar-refractivity contribution in [2.24, 2.45) is 5.92 Å². The highest BCUT2D eigenvalue weighted by molar-refractivity contribution is 8.03. The Bertz CT molecular complexity index is 1680. The minimum atomic E-state index is -0.520. The second-order valence-corrected chi connectivity index (χ2v) is 12.4. The molecule has 2 aliphatic heterocycles. The van der Waals surface area contributed by atoms with E-state index in [4.69, 9.17) is 18.6 Å². The molecule has 6 rings (SSSR count). The van der Waals surface area contributed by atoms with Crippen molar-refractivity contribution in [1.82, 2.24) is 19.3 Å². The number of benzene rings is 1. The third-order valence-electron chi connectivity index (χ3n) is 8.44. The zero-order valence-electron chi connectivity index (χ0n) is 25.8. The van der Waals surface area contributed by atoms with Crippen LogP contribution >= 0.6 is 11.8 Å². The zero-order chi connectivity index (χ0) is 31.5. The summed E-state index contributed by atoms with van der Waals surface area (Å²) < 4.78 is 25.5. The van der Waals surface area contributed by atoms with Crippen LogP contribution < -0.4 is 9.64 Å². The lowest BCUT2D eigenvalue weighted by molar-refractivity contribution is -0.120. The fourth-order valence-electron chi connectivity index (χ4n) is 6.08. The first-order chi connectivity index (χ1) is 21.9. The van der Waals surface area contributed by atoms with Crippen LogP contribution in [0.1, 0.15) is 48.1 Å². The fourth-order valence-corrected chi connectivity index (χ4v) is 7.54. The minimum absolute atomic E-state index is 0.0448. The SMILES string of the molecule is COc1ccccc1C(CN(C=O)C1=C(C(=O)N(C)c2c(C)ccn3ccnc23)C(C)C(c2ncco2)S1)OC1CCOCC1. The monoisotopic (exact) mass is 631 g/mol. The minimum Gasteiger partial charge on any atom is -0.496 e. The quantitative estimate of drug-likeness (QED) is 0.203. The van der Waals surface area contributed by atoms with E-state index >= 15 is 0 Å². The van der Waals surface area contributed by atoms with E-state index in [1.165, 1.54) is 18.0 Å². The van der Waals surface area contributed by atoms with Gasteiger partial charge in [0.25, 0.3) is 5.91 Å². The van der Waals surface area contributed by atoms with Crippen molar-refractivity contribution in [3.63, 3.8) is 0 Å². The highest BCUT2D eigenvalue weighted by atomic mass is 32.2. The van der Waals surface area contributed by atoms with Crippen molar-refractivity contribution in [2.45, 2.75) is 44.1 Å². The van der Waals surface area contributed by atoms with E-state index < -0.39 is 6.10 Å².